The number of carbonyl (C=O) groups excluding carboxylic acids is 1. The summed E-state index contributed by atoms with van der Waals surface area (Å²) in [6.07, 6.45) is 3.33. The first-order chi connectivity index (χ1) is 8.24. The molecule has 0 aliphatic heterocycles. The van der Waals surface area contributed by atoms with Crippen molar-refractivity contribution >= 4 is 11.6 Å². The molecule has 0 aliphatic carbocycles. The Morgan fingerprint density at radius 2 is 2.06 bits per heavy atom. The number of nitrogens with one attached hydrogen (secondary N) is 1. The number of amides is 1. The van der Waals surface area contributed by atoms with Crippen LogP contribution in [0.25, 0.3) is 11.1 Å². The normalized spacial score (nSPS) is 9.94. The molecule has 0 aliphatic rings. The number of benzene rings is 1. The number of rotatable bonds is 2. The number of aromatic nitrogens is 1. The largest absolute Gasteiger partial charge is 0.398 e. The maximum Gasteiger partial charge on any atom is 0.267 e. The molecule has 17 heavy (non-hydrogen) atoms. The van der Waals surface area contributed by atoms with Gasteiger partial charge in [0.2, 0.25) is 0 Å². The molecular weight excluding hydrogens is 216 g/mol. The van der Waals surface area contributed by atoms with Crippen LogP contribution in [0, 0.1) is 0 Å². The Bertz CT molecular complexity index is 539. The average molecular weight is 228 g/mol. The van der Waals surface area contributed by atoms with Gasteiger partial charge in [0, 0.05) is 23.6 Å². The van der Waals surface area contributed by atoms with Gasteiger partial charge in [0.05, 0.1) is 5.56 Å². The van der Waals surface area contributed by atoms with Gasteiger partial charge in [-0.2, -0.15) is 0 Å². The fraction of sp³-hybridized carbons (Fsp3) is 0. The van der Waals surface area contributed by atoms with E-state index in [-0.39, 0.29) is 0 Å². The van der Waals surface area contributed by atoms with Crippen LogP contribution in [0.2, 0.25) is 0 Å². The van der Waals surface area contributed by atoms with E-state index >= 15 is 0 Å². The summed E-state index contributed by atoms with van der Waals surface area (Å²) in [7, 11) is 0. The predicted octanol–water partition coefficient (Wildman–Crippen LogP) is 0.934. The number of nitrogens with zero attached hydrogens (tertiary/aromatic N) is 1. The minimum atomic E-state index is -0.415. The lowest BCUT2D eigenvalue weighted by Gasteiger charge is -2.10. The van der Waals surface area contributed by atoms with E-state index in [9.17, 15) is 4.79 Å². The van der Waals surface area contributed by atoms with Crippen LogP contribution in [0.3, 0.4) is 0 Å². The van der Waals surface area contributed by atoms with Crippen molar-refractivity contribution in [1.82, 2.24) is 10.4 Å². The van der Waals surface area contributed by atoms with Gasteiger partial charge in [0.1, 0.15) is 0 Å². The fourth-order valence-corrected chi connectivity index (χ4v) is 1.66. The molecule has 0 saturated carbocycles. The third-order valence-corrected chi connectivity index (χ3v) is 2.43. The first kappa shape index (κ1) is 11.1. The van der Waals surface area contributed by atoms with Crippen LogP contribution in [0.5, 0.6) is 0 Å². The Morgan fingerprint density at radius 1 is 1.24 bits per heavy atom. The van der Waals surface area contributed by atoms with Gasteiger partial charge < -0.3 is 5.73 Å². The number of nitrogens with two attached hydrogens (primary N) is 2. The molecule has 0 bridgehead atoms. The van der Waals surface area contributed by atoms with Crippen LogP contribution >= 0.6 is 0 Å². The molecule has 5 heteroatoms. The summed E-state index contributed by atoms with van der Waals surface area (Å²) in [5.41, 5.74) is 10.2. The highest BCUT2D eigenvalue weighted by atomic mass is 16.2. The Balaban J connectivity index is 2.62. The molecule has 5 N–H and O–H groups in total. The summed E-state index contributed by atoms with van der Waals surface area (Å²) < 4.78 is 0. The monoisotopic (exact) mass is 228 g/mol. The lowest BCUT2D eigenvalue weighted by atomic mass is 9.99. The van der Waals surface area contributed by atoms with Crippen molar-refractivity contribution in [2.24, 2.45) is 5.84 Å². The minimum absolute atomic E-state index is 0.364. The molecule has 1 heterocycles. The van der Waals surface area contributed by atoms with Crippen molar-refractivity contribution in [3.63, 3.8) is 0 Å². The van der Waals surface area contributed by atoms with E-state index in [1.54, 1.807) is 36.7 Å². The van der Waals surface area contributed by atoms with Gasteiger partial charge in [0.25, 0.3) is 5.91 Å². The van der Waals surface area contributed by atoms with Gasteiger partial charge in [-0.3, -0.25) is 15.2 Å². The first-order valence-electron chi connectivity index (χ1n) is 5.04. The molecule has 0 saturated heterocycles. The Labute approximate surface area is 98.4 Å². The SMILES string of the molecule is NNC(=O)c1c(N)cccc1-c1cccnc1. The molecule has 1 aromatic heterocycles. The van der Waals surface area contributed by atoms with Gasteiger partial charge in [-0.15, -0.1) is 0 Å². The zero-order valence-electron chi connectivity index (χ0n) is 9.05. The van der Waals surface area contributed by atoms with Crippen molar-refractivity contribution in [2.75, 3.05) is 5.73 Å². The van der Waals surface area contributed by atoms with E-state index in [0.29, 0.717) is 16.8 Å². The Hall–Kier alpha value is -2.40. The molecule has 0 atom stereocenters. The quantitative estimate of drug-likeness (QED) is 0.308. The number of hydrogen-bond donors (Lipinski definition) is 3. The highest BCUT2D eigenvalue weighted by Crippen LogP contribution is 2.26. The summed E-state index contributed by atoms with van der Waals surface area (Å²) in [5.74, 6) is 4.73. The van der Waals surface area contributed by atoms with E-state index in [0.717, 1.165) is 5.56 Å². The van der Waals surface area contributed by atoms with Crippen molar-refractivity contribution in [3.05, 3.63) is 48.3 Å². The van der Waals surface area contributed by atoms with Gasteiger partial charge >= 0.3 is 0 Å². The van der Waals surface area contributed by atoms with Crippen LogP contribution in [0.15, 0.2) is 42.7 Å². The average Bonchev–Trinajstić information content (AvgIpc) is 2.38. The number of pyridine rings is 1. The minimum Gasteiger partial charge on any atom is -0.398 e. The third kappa shape index (κ3) is 2.09. The lowest BCUT2D eigenvalue weighted by molar-refractivity contribution is 0.0955. The lowest BCUT2D eigenvalue weighted by Crippen LogP contribution is -2.31. The highest BCUT2D eigenvalue weighted by molar-refractivity contribution is 6.05. The Kier molecular flexibility index (Phi) is 3.02. The van der Waals surface area contributed by atoms with Gasteiger partial charge in [0.15, 0.2) is 0 Å². The van der Waals surface area contributed by atoms with E-state index in [2.05, 4.69) is 10.4 Å². The van der Waals surface area contributed by atoms with Crippen LogP contribution in [0.4, 0.5) is 5.69 Å². The van der Waals surface area contributed by atoms with Crippen molar-refractivity contribution in [3.8, 4) is 11.1 Å². The molecule has 0 radical (unpaired) electrons. The van der Waals surface area contributed by atoms with Gasteiger partial charge in [-0.25, -0.2) is 5.84 Å². The maximum absolute atomic E-state index is 11.7. The molecule has 5 nitrogen and oxygen atoms in total. The summed E-state index contributed by atoms with van der Waals surface area (Å²) >= 11 is 0. The van der Waals surface area contributed by atoms with Crippen LogP contribution in [0.1, 0.15) is 10.4 Å². The summed E-state index contributed by atoms with van der Waals surface area (Å²) in [6.45, 7) is 0. The molecule has 0 spiro atoms. The molecule has 2 aromatic rings. The van der Waals surface area contributed by atoms with Gasteiger partial charge in [-0.05, 0) is 17.7 Å². The van der Waals surface area contributed by atoms with E-state index in [1.807, 2.05) is 6.07 Å². The molecule has 0 unspecified atom stereocenters. The first-order valence-corrected chi connectivity index (χ1v) is 5.04. The molecular formula is C12H12N4O. The second-order valence-corrected chi connectivity index (χ2v) is 3.48. The summed E-state index contributed by atoms with van der Waals surface area (Å²) in [6, 6.07) is 8.89. The number of anilines is 1. The smallest absolute Gasteiger partial charge is 0.267 e. The fourth-order valence-electron chi connectivity index (χ4n) is 1.66. The zero-order chi connectivity index (χ0) is 12.3. The van der Waals surface area contributed by atoms with Crippen LogP contribution in [-0.4, -0.2) is 10.9 Å². The number of nitrogen functional groups attached to an aromatic ring is 2. The summed E-state index contributed by atoms with van der Waals surface area (Å²) in [5, 5.41) is 0. The van der Waals surface area contributed by atoms with Crippen molar-refractivity contribution in [1.29, 1.82) is 0 Å². The van der Waals surface area contributed by atoms with Crippen molar-refractivity contribution in [2.45, 2.75) is 0 Å². The molecule has 0 fully saturated rings. The van der Waals surface area contributed by atoms with Gasteiger partial charge in [-0.1, -0.05) is 18.2 Å². The third-order valence-electron chi connectivity index (χ3n) is 2.43. The second-order valence-electron chi connectivity index (χ2n) is 3.48. The highest BCUT2D eigenvalue weighted by Gasteiger charge is 2.14. The molecule has 1 amide bonds. The number of hydrazine groups is 1. The van der Waals surface area contributed by atoms with E-state index in [4.69, 9.17) is 11.6 Å². The van der Waals surface area contributed by atoms with Crippen molar-refractivity contribution < 1.29 is 4.79 Å². The van der Waals surface area contributed by atoms with Crippen LogP contribution in [-0.2, 0) is 0 Å². The predicted molar refractivity (Wildman–Crippen MR) is 65.7 cm³/mol. The Morgan fingerprint density at radius 3 is 2.71 bits per heavy atom. The summed E-state index contributed by atoms with van der Waals surface area (Å²) in [4.78, 5) is 15.7. The number of carbonyl (C=O) groups is 1. The van der Waals surface area contributed by atoms with Crippen LogP contribution < -0.4 is 17.0 Å². The topological polar surface area (TPSA) is 94.0 Å². The van der Waals surface area contributed by atoms with E-state index < -0.39 is 5.91 Å². The zero-order valence-corrected chi connectivity index (χ0v) is 9.05. The molecule has 2 rings (SSSR count). The molecule has 1 aromatic carbocycles. The standard InChI is InChI=1S/C12H12N4O/c13-10-5-1-4-9(11(10)12(17)16-14)8-3-2-6-15-7-8/h1-7H,13-14H2,(H,16,17). The maximum atomic E-state index is 11.7. The van der Waals surface area contributed by atoms with E-state index in [1.165, 1.54) is 0 Å². The number of hydrogen-bond acceptors (Lipinski definition) is 4. The second kappa shape index (κ2) is 4.63. The molecule has 86 valence electrons.